The van der Waals surface area contributed by atoms with Gasteiger partial charge < -0.3 is 16.6 Å². The summed E-state index contributed by atoms with van der Waals surface area (Å²) in [6.45, 7) is 0. The van der Waals surface area contributed by atoms with Crippen molar-refractivity contribution in [1.29, 1.82) is 0 Å². The summed E-state index contributed by atoms with van der Waals surface area (Å²) in [6, 6.07) is 4.59. The van der Waals surface area contributed by atoms with Gasteiger partial charge in [-0.05, 0) is 18.2 Å². The highest BCUT2D eigenvalue weighted by molar-refractivity contribution is 5.76. The number of rotatable bonds is 1. The van der Waals surface area contributed by atoms with Crippen molar-refractivity contribution < 1.29 is 9.90 Å². The van der Waals surface area contributed by atoms with Gasteiger partial charge in [-0.1, -0.05) is 11.8 Å². The smallest absolute Gasteiger partial charge is 0.229 e. The van der Waals surface area contributed by atoms with Gasteiger partial charge in [0.2, 0.25) is 5.91 Å². The predicted molar refractivity (Wildman–Crippen MR) is 53.2 cm³/mol. The Kier molecular flexibility index (Phi) is 2.97. The van der Waals surface area contributed by atoms with Gasteiger partial charge in [0.05, 0.1) is 12.1 Å². The monoisotopic (exact) mass is 190 g/mol. The van der Waals surface area contributed by atoms with E-state index in [1.165, 1.54) is 12.1 Å². The molecule has 72 valence electrons. The van der Waals surface area contributed by atoms with Crippen molar-refractivity contribution in [3.8, 4) is 17.6 Å². The summed E-state index contributed by atoms with van der Waals surface area (Å²) in [7, 11) is 0. The maximum absolute atomic E-state index is 10.4. The van der Waals surface area contributed by atoms with Crippen LogP contribution < -0.4 is 11.5 Å². The fourth-order valence-electron chi connectivity index (χ4n) is 0.866. The average molecular weight is 190 g/mol. The first kappa shape index (κ1) is 9.93. The third-order valence-corrected chi connectivity index (χ3v) is 1.52. The van der Waals surface area contributed by atoms with Gasteiger partial charge in [-0.3, -0.25) is 4.79 Å². The SMILES string of the molecule is NC(=O)CC#Cc1ccc(O)c(N)c1. The molecule has 14 heavy (non-hydrogen) atoms. The van der Waals surface area contributed by atoms with E-state index in [0.717, 1.165) is 0 Å². The van der Waals surface area contributed by atoms with Gasteiger partial charge in [-0.15, -0.1) is 0 Å². The number of hydrogen-bond acceptors (Lipinski definition) is 3. The van der Waals surface area contributed by atoms with Gasteiger partial charge in [-0.25, -0.2) is 0 Å². The average Bonchev–Trinajstić information content (AvgIpc) is 2.10. The largest absolute Gasteiger partial charge is 0.506 e. The molecule has 1 aromatic rings. The van der Waals surface area contributed by atoms with E-state index in [9.17, 15) is 4.79 Å². The Morgan fingerprint density at radius 2 is 2.21 bits per heavy atom. The van der Waals surface area contributed by atoms with E-state index in [1.807, 2.05) is 0 Å². The van der Waals surface area contributed by atoms with Crippen molar-refractivity contribution >= 4 is 11.6 Å². The van der Waals surface area contributed by atoms with Crippen LogP contribution in [0.2, 0.25) is 0 Å². The molecule has 0 aliphatic carbocycles. The Morgan fingerprint density at radius 1 is 1.50 bits per heavy atom. The zero-order chi connectivity index (χ0) is 10.6. The quantitative estimate of drug-likeness (QED) is 0.336. The molecule has 1 amide bonds. The number of aromatic hydroxyl groups is 1. The number of anilines is 1. The van der Waals surface area contributed by atoms with E-state index in [-0.39, 0.29) is 17.9 Å². The van der Waals surface area contributed by atoms with Crippen molar-refractivity contribution in [2.45, 2.75) is 6.42 Å². The second kappa shape index (κ2) is 4.19. The Balaban J connectivity index is 2.81. The molecular formula is C10H10N2O2. The van der Waals surface area contributed by atoms with Crippen LogP contribution in [0.5, 0.6) is 5.75 Å². The molecule has 0 atom stereocenters. The molecule has 0 bridgehead atoms. The lowest BCUT2D eigenvalue weighted by atomic mass is 10.2. The van der Waals surface area contributed by atoms with Crippen molar-refractivity contribution in [3.63, 3.8) is 0 Å². The summed E-state index contributed by atoms with van der Waals surface area (Å²) in [5, 5.41) is 9.11. The van der Waals surface area contributed by atoms with Crippen LogP contribution in [-0.2, 0) is 4.79 Å². The molecular weight excluding hydrogens is 180 g/mol. The standard InChI is InChI=1S/C10H10N2O2/c11-8-6-7(4-5-9(8)13)2-1-3-10(12)14/h4-6,13H,3,11H2,(H2,12,14). The lowest BCUT2D eigenvalue weighted by Gasteiger charge is -1.97. The van der Waals surface area contributed by atoms with Crippen LogP contribution in [0, 0.1) is 11.8 Å². The summed E-state index contributed by atoms with van der Waals surface area (Å²) in [6.07, 6.45) is 0.0147. The van der Waals surface area contributed by atoms with E-state index in [1.54, 1.807) is 6.07 Å². The molecule has 0 unspecified atom stereocenters. The fourth-order valence-corrected chi connectivity index (χ4v) is 0.866. The number of nitrogens with two attached hydrogens (primary N) is 2. The molecule has 5 N–H and O–H groups in total. The molecule has 0 spiro atoms. The summed E-state index contributed by atoms with van der Waals surface area (Å²) in [5.74, 6) is 4.84. The van der Waals surface area contributed by atoms with Gasteiger partial charge in [0.25, 0.3) is 0 Å². The van der Waals surface area contributed by atoms with Crippen LogP contribution in [0.15, 0.2) is 18.2 Å². The first-order chi connectivity index (χ1) is 6.59. The number of phenolic OH excluding ortho intramolecular Hbond substituents is 1. The highest BCUT2D eigenvalue weighted by Crippen LogP contribution is 2.19. The third kappa shape index (κ3) is 2.72. The van der Waals surface area contributed by atoms with Gasteiger partial charge in [0.15, 0.2) is 0 Å². The molecule has 4 heteroatoms. The van der Waals surface area contributed by atoms with Crippen LogP contribution in [0.1, 0.15) is 12.0 Å². The Morgan fingerprint density at radius 3 is 2.79 bits per heavy atom. The van der Waals surface area contributed by atoms with Crippen LogP contribution in [0.3, 0.4) is 0 Å². The highest BCUT2D eigenvalue weighted by atomic mass is 16.3. The molecule has 0 aliphatic rings. The predicted octanol–water partition coefficient (Wildman–Crippen LogP) is 0.201. The number of primary amides is 1. The van der Waals surface area contributed by atoms with Crippen LogP contribution in [-0.4, -0.2) is 11.0 Å². The molecule has 1 aromatic carbocycles. The zero-order valence-corrected chi connectivity index (χ0v) is 7.45. The molecule has 0 radical (unpaired) electrons. The maximum Gasteiger partial charge on any atom is 0.229 e. The van der Waals surface area contributed by atoms with E-state index in [4.69, 9.17) is 16.6 Å². The van der Waals surface area contributed by atoms with Crippen LogP contribution in [0.25, 0.3) is 0 Å². The van der Waals surface area contributed by atoms with Crippen molar-refractivity contribution in [2.75, 3.05) is 5.73 Å². The first-order valence-corrected chi connectivity index (χ1v) is 3.95. The zero-order valence-electron chi connectivity index (χ0n) is 7.45. The molecule has 0 saturated heterocycles. The minimum absolute atomic E-state index is 0.0147. The van der Waals surface area contributed by atoms with Crippen molar-refractivity contribution in [3.05, 3.63) is 23.8 Å². The molecule has 0 fully saturated rings. The number of nitrogen functional groups attached to an aromatic ring is 1. The summed E-state index contributed by atoms with van der Waals surface area (Å²) in [4.78, 5) is 10.4. The number of carbonyl (C=O) groups excluding carboxylic acids is 1. The topological polar surface area (TPSA) is 89.3 Å². The lowest BCUT2D eigenvalue weighted by Crippen LogP contribution is -2.08. The lowest BCUT2D eigenvalue weighted by molar-refractivity contribution is -0.117. The number of benzene rings is 1. The van der Waals surface area contributed by atoms with Crippen molar-refractivity contribution in [1.82, 2.24) is 0 Å². The van der Waals surface area contributed by atoms with E-state index >= 15 is 0 Å². The minimum Gasteiger partial charge on any atom is -0.506 e. The molecule has 0 saturated carbocycles. The van der Waals surface area contributed by atoms with Gasteiger partial charge in [0, 0.05) is 5.56 Å². The normalized spacial score (nSPS) is 8.86. The Labute approximate surface area is 81.5 Å². The van der Waals surface area contributed by atoms with Crippen LogP contribution >= 0.6 is 0 Å². The number of carbonyl (C=O) groups is 1. The van der Waals surface area contributed by atoms with E-state index in [0.29, 0.717) is 5.56 Å². The second-order valence-electron chi connectivity index (χ2n) is 2.72. The number of amides is 1. The molecule has 0 aliphatic heterocycles. The molecule has 1 rings (SSSR count). The van der Waals surface area contributed by atoms with Crippen LogP contribution in [0.4, 0.5) is 5.69 Å². The number of phenols is 1. The Hall–Kier alpha value is -2.15. The number of hydrogen-bond donors (Lipinski definition) is 3. The van der Waals surface area contributed by atoms with E-state index < -0.39 is 5.91 Å². The molecule has 4 nitrogen and oxygen atoms in total. The first-order valence-electron chi connectivity index (χ1n) is 3.95. The second-order valence-corrected chi connectivity index (χ2v) is 2.72. The van der Waals surface area contributed by atoms with E-state index in [2.05, 4.69) is 11.8 Å². The Bertz CT molecular complexity index is 416. The van der Waals surface area contributed by atoms with Gasteiger partial charge in [0.1, 0.15) is 5.75 Å². The fraction of sp³-hybridized carbons (Fsp3) is 0.100. The molecule has 0 aromatic heterocycles. The third-order valence-electron chi connectivity index (χ3n) is 1.52. The summed E-state index contributed by atoms with van der Waals surface area (Å²) >= 11 is 0. The summed E-state index contributed by atoms with van der Waals surface area (Å²) < 4.78 is 0. The maximum atomic E-state index is 10.4. The van der Waals surface area contributed by atoms with Gasteiger partial charge >= 0.3 is 0 Å². The van der Waals surface area contributed by atoms with Crippen molar-refractivity contribution in [2.24, 2.45) is 5.73 Å². The summed E-state index contributed by atoms with van der Waals surface area (Å²) in [5.41, 5.74) is 11.2. The highest BCUT2D eigenvalue weighted by Gasteiger charge is 1.95. The minimum atomic E-state index is -0.468. The molecule has 0 heterocycles. The van der Waals surface area contributed by atoms with Gasteiger partial charge in [-0.2, -0.15) is 0 Å².